The molecule has 0 aromatic heterocycles. The molecule has 0 bridgehead atoms. The zero-order valence-electron chi connectivity index (χ0n) is 14.7. The molecular weight excluding hydrogens is 296 g/mol. The smallest absolute Gasteiger partial charge is 0.223 e. The lowest BCUT2D eigenvalue weighted by Gasteiger charge is -2.30. The normalized spacial score (nSPS) is 11.9. The molecule has 0 aliphatic carbocycles. The van der Waals surface area contributed by atoms with Crippen LogP contribution < -0.4 is 5.73 Å². The van der Waals surface area contributed by atoms with Gasteiger partial charge in [-0.25, -0.2) is 0 Å². The first-order valence-corrected chi connectivity index (χ1v) is 8.82. The van der Waals surface area contributed by atoms with E-state index in [0.29, 0.717) is 12.8 Å². The Morgan fingerprint density at radius 1 is 1.04 bits per heavy atom. The van der Waals surface area contributed by atoms with Crippen LogP contribution in [0.4, 0.5) is 5.69 Å². The molecule has 0 aliphatic rings. The van der Waals surface area contributed by atoms with E-state index in [1.807, 2.05) is 35.2 Å². The van der Waals surface area contributed by atoms with Crippen LogP contribution in [-0.2, 0) is 17.6 Å². The molecule has 1 amide bonds. The largest absolute Gasteiger partial charge is 0.399 e. The van der Waals surface area contributed by atoms with Crippen LogP contribution in [-0.4, -0.2) is 23.4 Å². The predicted molar refractivity (Wildman–Crippen MR) is 101 cm³/mol. The van der Waals surface area contributed by atoms with Gasteiger partial charge in [0.05, 0.1) is 0 Å². The van der Waals surface area contributed by atoms with E-state index in [1.54, 1.807) is 0 Å². The summed E-state index contributed by atoms with van der Waals surface area (Å²) in [4.78, 5) is 14.8. The van der Waals surface area contributed by atoms with E-state index in [1.165, 1.54) is 5.56 Å². The van der Waals surface area contributed by atoms with E-state index in [9.17, 15) is 4.79 Å². The van der Waals surface area contributed by atoms with Crippen LogP contribution in [0.1, 0.15) is 37.8 Å². The molecule has 0 radical (unpaired) electrons. The van der Waals surface area contributed by atoms with E-state index >= 15 is 0 Å². The van der Waals surface area contributed by atoms with Crippen LogP contribution in [0.2, 0.25) is 0 Å². The lowest BCUT2D eigenvalue weighted by Crippen LogP contribution is -2.41. The van der Waals surface area contributed by atoms with Crippen molar-refractivity contribution in [3.8, 4) is 0 Å². The van der Waals surface area contributed by atoms with Crippen molar-refractivity contribution >= 4 is 11.6 Å². The fourth-order valence-electron chi connectivity index (χ4n) is 3.15. The molecule has 2 N–H and O–H groups in total. The zero-order valence-corrected chi connectivity index (χ0v) is 14.7. The highest BCUT2D eigenvalue weighted by Gasteiger charge is 2.21. The first-order chi connectivity index (χ1) is 11.7. The molecule has 0 saturated heterocycles. The molecule has 3 nitrogen and oxygen atoms in total. The molecule has 0 saturated carbocycles. The molecule has 0 fully saturated rings. The van der Waals surface area contributed by atoms with Gasteiger partial charge in [0, 0.05) is 24.7 Å². The van der Waals surface area contributed by atoms with E-state index in [0.717, 1.165) is 30.6 Å². The monoisotopic (exact) mass is 324 g/mol. The minimum atomic E-state index is 0.212. The van der Waals surface area contributed by atoms with Gasteiger partial charge in [-0.05, 0) is 43.4 Å². The molecular formula is C21H28N2O. The third-order valence-electron chi connectivity index (χ3n) is 4.55. The van der Waals surface area contributed by atoms with Gasteiger partial charge in [-0.15, -0.1) is 0 Å². The third-order valence-corrected chi connectivity index (χ3v) is 4.55. The van der Waals surface area contributed by atoms with Crippen LogP contribution in [0.25, 0.3) is 0 Å². The number of aryl methyl sites for hydroxylation is 1. The molecule has 24 heavy (non-hydrogen) atoms. The Balaban J connectivity index is 1.99. The molecule has 1 unspecified atom stereocenters. The SMILES string of the molecule is CCC(Cc1ccccc1)N(CC)C(=O)CCc1ccccc1N. The summed E-state index contributed by atoms with van der Waals surface area (Å²) in [6.45, 7) is 4.95. The average molecular weight is 324 g/mol. The second-order valence-electron chi connectivity index (χ2n) is 6.13. The summed E-state index contributed by atoms with van der Waals surface area (Å²) < 4.78 is 0. The van der Waals surface area contributed by atoms with Gasteiger partial charge < -0.3 is 10.6 Å². The summed E-state index contributed by atoms with van der Waals surface area (Å²) in [7, 11) is 0. The third kappa shape index (κ3) is 4.85. The van der Waals surface area contributed by atoms with Crippen LogP contribution in [0.3, 0.4) is 0 Å². The first kappa shape index (κ1) is 18.1. The number of nitrogen functional groups attached to an aromatic ring is 1. The highest BCUT2D eigenvalue weighted by molar-refractivity contribution is 5.77. The van der Waals surface area contributed by atoms with Crippen molar-refractivity contribution < 1.29 is 4.79 Å². The van der Waals surface area contributed by atoms with Crippen LogP contribution in [0, 0.1) is 0 Å². The summed E-state index contributed by atoms with van der Waals surface area (Å²) in [5.41, 5.74) is 9.08. The van der Waals surface area contributed by atoms with Crippen molar-refractivity contribution in [2.24, 2.45) is 0 Å². The standard InChI is InChI=1S/C21H28N2O/c1-3-19(16-17-10-6-5-7-11-17)23(4-2)21(24)15-14-18-12-8-9-13-20(18)22/h5-13,19H,3-4,14-16,22H2,1-2H3. The van der Waals surface area contributed by atoms with Gasteiger partial charge in [-0.1, -0.05) is 55.5 Å². The minimum absolute atomic E-state index is 0.212. The van der Waals surface area contributed by atoms with Crippen molar-refractivity contribution in [2.75, 3.05) is 12.3 Å². The number of amides is 1. The molecule has 3 heteroatoms. The van der Waals surface area contributed by atoms with E-state index in [4.69, 9.17) is 5.73 Å². The van der Waals surface area contributed by atoms with Crippen molar-refractivity contribution in [1.82, 2.24) is 4.90 Å². The van der Waals surface area contributed by atoms with Crippen molar-refractivity contribution in [3.05, 3.63) is 65.7 Å². The number of anilines is 1. The van der Waals surface area contributed by atoms with Crippen LogP contribution >= 0.6 is 0 Å². The van der Waals surface area contributed by atoms with Crippen molar-refractivity contribution in [2.45, 2.75) is 45.6 Å². The number of carbonyl (C=O) groups excluding carboxylic acids is 1. The first-order valence-electron chi connectivity index (χ1n) is 8.82. The number of nitrogens with two attached hydrogens (primary N) is 1. The molecule has 2 aromatic carbocycles. The molecule has 2 aromatic rings. The van der Waals surface area contributed by atoms with Gasteiger partial charge in [-0.3, -0.25) is 4.79 Å². The summed E-state index contributed by atoms with van der Waals surface area (Å²) in [6.07, 6.45) is 3.07. The van der Waals surface area contributed by atoms with Gasteiger partial charge >= 0.3 is 0 Å². The maximum absolute atomic E-state index is 12.7. The topological polar surface area (TPSA) is 46.3 Å². The zero-order chi connectivity index (χ0) is 17.4. The Hall–Kier alpha value is -2.29. The average Bonchev–Trinajstić information content (AvgIpc) is 2.61. The molecule has 0 spiro atoms. The van der Waals surface area contributed by atoms with Crippen LogP contribution in [0.15, 0.2) is 54.6 Å². The van der Waals surface area contributed by atoms with E-state index in [-0.39, 0.29) is 11.9 Å². The second-order valence-corrected chi connectivity index (χ2v) is 6.13. The van der Waals surface area contributed by atoms with Crippen molar-refractivity contribution in [3.63, 3.8) is 0 Å². The number of para-hydroxylation sites is 1. The molecule has 1 atom stereocenters. The summed E-state index contributed by atoms with van der Waals surface area (Å²) >= 11 is 0. The Bertz CT molecular complexity index is 639. The Kier molecular flexibility index (Phi) is 6.86. The molecule has 0 heterocycles. The highest BCUT2D eigenvalue weighted by Crippen LogP contribution is 2.17. The molecule has 128 valence electrons. The number of nitrogens with zero attached hydrogens (tertiary/aromatic N) is 1. The number of rotatable bonds is 8. The number of hydrogen-bond acceptors (Lipinski definition) is 2. The van der Waals surface area contributed by atoms with E-state index < -0.39 is 0 Å². The van der Waals surface area contributed by atoms with Gasteiger partial charge in [-0.2, -0.15) is 0 Å². The van der Waals surface area contributed by atoms with E-state index in [2.05, 4.69) is 38.1 Å². The quantitative estimate of drug-likeness (QED) is 0.744. The second kappa shape index (κ2) is 9.11. The molecule has 2 rings (SSSR count). The minimum Gasteiger partial charge on any atom is -0.399 e. The molecule has 0 aliphatic heterocycles. The van der Waals surface area contributed by atoms with Crippen molar-refractivity contribution in [1.29, 1.82) is 0 Å². The number of carbonyl (C=O) groups is 1. The fraction of sp³-hybridized carbons (Fsp3) is 0.381. The van der Waals surface area contributed by atoms with Gasteiger partial charge in [0.15, 0.2) is 0 Å². The van der Waals surface area contributed by atoms with Gasteiger partial charge in [0.1, 0.15) is 0 Å². The fourth-order valence-corrected chi connectivity index (χ4v) is 3.15. The number of benzene rings is 2. The summed E-state index contributed by atoms with van der Waals surface area (Å²) in [5, 5.41) is 0. The number of likely N-dealkylation sites (N-methyl/N-ethyl adjacent to an activating group) is 1. The highest BCUT2D eigenvalue weighted by atomic mass is 16.2. The Morgan fingerprint density at radius 3 is 2.33 bits per heavy atom. The maximum Gasteiger partial charge on any atom is 0.223 e. The summed E-state index contributed by atoms with van der Waals surface area (Å²) in [6, 6.07) is 18.4. The Labute approximate surface area is 145 Å². The van der Waals surface area contributed by atoms with Crippen LogP contribution in [0.5, 0.6) is 0 Å². The van der Waals surface area contributed by atoms with Gasteiger partial charge in [0.25, 0.3) is 0 Å². The maximum atomic E-state index is 12.7. The van der Waals surface area contributed by atoms with Gasteiger partial charge in [0.2, 0.25) is 5.91 Å². The lowest BCUT2D eigenvalue weighted by molar-refractivity contribution is -0.133. The predicted octanol–water partition coefficient (Wildman–Crippen LogP) is 4.07. The Morgan fingerprint density at radius 2 is 1.71 bits per heavy atom. The lowest BCUT2D eigenvalue weighted by atomic mass is 10.0. The summed E-state index contributed by atoms with van der Waals surface area (Å²) in [5.74, 6) is 0.212. The number of hydrogen-bond donors (Lipinski definition) is 1.